The van der Waals surface area contributed by atoms with E-state index in [2.05, 4.69) is 0 Å². The van der Waals surface area contributed by atoms with Crippen LogP contribution in [-0.4, -0.2) is 23.4 Å². The molecule has 0 atom stereocenters. The van der Waals surface area contributed by atoms with E-state index in [-0.39, 0.29) is 15.1 Å². The van der Waals surface area contributed by atoms with E-state index in [1.54, 1.807) is 13.8 Å². The van der Waals surface area contributed by atoms with Crippen molar-refractivity contribution in [3.05, 3.63) is 8.98 Å². The summed E-state index contributed by atoms with van der Waals surface area (Å²) in [5.74, 6) is 0. The second-order valence-electron chi connectivity index (χ2n) is 1.61. The third-order valence-corrected chi connectivity index (χ3v) is 1.29. The van der Waals surface area contributed by atoms with Crippen LogP contribution in [0.1, 0.15) is 13.8 Å². The number of halogens is 4. The van der Waals surface area contributed by atoms with Crippen molar-refractivity contribution in [2.75, 3.05) is 7.11 Å². The molecule has 0 aliphatic carbocycles. The van der Waals surface area contributed by atoms with Gasteiger partial charge < -0.3 is 10.2 Å². The van der Waals surface area contributed by atoms with Crippen LogP contribution >= 0.6 is 46.4 Å². The average molecular weight is 258 g/mol. The topological polar surface area (TPSA) is 40.5 Å². The summed E-state index contributed by atoms with van der Waals surface area (Å²) in [5, 5.41) is 15.1. The third kappa shape index (κ3) is 44.9. The fourth-order valence-corrected chi connectivity index (χ4v) is 0. The van der Waals surface area contributed by atoms with Crippen LogP contribution in [-0.2, 0) is 0 Å². The Bertz CT molecular complexity index is 93.4. The van der Waals surface area contributed by atoms with Crippen LogP contribution in [0.2, 0.25) is 0 Å². The molecule has 0 rings (SSSR count). The first kappa shape index (κ1) is 18.6. The van der Waals surface area contributed by atoms with Crippen LogP contribution < -0.4 is 0 Å². The molecule has 12 heavy (non-hydrogen) atoms. The number of hydrogen-bond donors (Lipinski definition) is 2. The van der Waals surface area contributed by atoms with Gasteiger partial charge in [0, 0.05) is 13.2 Å². The Balaban J connectivity index is -0.000000118. The first-order valence-corrected chi connectivity index (χ1v) is 4.38. The molecule has 76 valence electrons. The molecular formula is C6H12Cl4O2. The SMILES string of the molecule is CC(C)O.CO.ClC(Cl)=C(Cl)Cl. The second kappa shape index (κ2) is 14.3. The van der Waals surface area contributed by atoms with Crippen molar-refractivity contribution in [3.8, 4) is 0 Å². The Hall–Kier alpha value is 0.820. The summed E-state index contributed by atoms with van der Waals surface area (Å²) in [4.78, 5) is 0. The quantitative estimate of drug-likeness (QED) is 0.700. The Morgan fingerprint density at radius 2 is 1.00 bits per heavy atom. The number of hydrogen-bond acceptors (Lipinski definition) is 2. The lowest BCUT2D eigenvalue weighted by atomic mass is 10.5. The van der Waals surface area contributed by atoms with Gasteiger partial charge in [-0.2, -0.15) is 0 Å². The molecule has 0 aromatic rings. The summed E-state index contributed by atoms with van der Waals surface area (Å²) in [5.41, 5.74) is 0. The molecule has 0 aromatic heterocycles. The van der Waals surface area contributed by atoms with Gasteiger partial charge >= 0.3 is 0 Å². The van der Waals surface area contributed by atoms with Crippen molar-refractivity contribution in [2.45, 2.75) is 20.0 Å². The summed E-state index contributed by atoms with van der Waals surface area (Å²) in [6.07, 6.45) is -0.167. The van der Waals surface area contributed by atoms with Crippen LogP contribution in [0, 0.1) is 0 Å². The highest BCUT2D eigenvalue weighted by molar-refractivity contribution is 6.67. The van der Waals surface area contributed by atoms with Gasteiger partial charge in [0.15, 0.2) is 0 Å². The van der Waals surface area contributed by atoms with Gasteiger partial charge in [0.25, 0.3) is 0 Å². The molecule has 0 spiro atoms. The Morgan fingerprint density at radius 1 is 0.917 bits per heavy atom. The largest absolute Gasteiger partial charge is 0.400 e. The summed E-state index contributed by atoms with van der Waals surface area (Å²) >= 11 is 20.0. The van der Waals surface area contributed by atoms with Crippen LogP contribution in [0.15, 0.2) is 8.98 Å². The lowest BCUT2D eigenvalue weighted by molar-refractivity contribution is 0.216. The lowest BCUT2D eigenvalue weighted by Crippen LogP contribution is -1.85. The van der Waals surface area contributed by atoms with Gasteiger partial charge in [-0.1, -0.05) is 46.4 Å². The van der Waals surface area contributed by atoms with E-state index >= 15 is 0 Å². The molecule has 0 aromatic carbocycles. The highest BCUT2D eigenvalue weighted by atomic mass is 35.5. The summed E-state index contributed by atoms with van der Waals surface area (Å²) in [6.45, 7) is 3.44. The van der Waals surface area contributed by atoms with Crippen LogP contribution in [0.3, 0.4) is 0 Å². The van der Waals surface area contributed by atoms with Crippen molar-refractivity contribution < 1.29 is 10.2 Å². The third-order valence-electron chi connectivity index (χ3n) is 0.143. The maximum absolute atomic E-state index is 8.06. The summed E-state index contributed by atoms with van der Waals surface area (Å²) in [6, 6.07) is 0. The van der Waals surface area contributed by atoms with Crippen molar-refractivity contribution in [1.29, 1.82) is 0 Å². The van der Waals surface area contributed by atoms with E-state index in [9.17, 15) is 0 Å². The molecule has 6 heteroatoms. The zero-order chi connectivity index (χ0) is 10.7. The standard InChI is InChI=1S/C3H8O.C2Cl4.CH4O/c1-3(2)4;3-1(4)2(5)6;1-2/h3-4H,1-2H3;;2H,1H3. The van der Waals surface area contributed by atoms with Crippen molar-refractivity contribution in [1.82, 2.24) is 0 Å². The molecule has 0 saturated carbocycles. The van der Waals surface area contributed by atoms with Gasteiger partial charge in [-0.3, -0.25) is 0 Å². The summed E-state index contributed by atoms with van der Waals surface area (Å²) < 4.78 is -0.198. The van der Waals surface area contributed by atoms with E-state index in [1.807, 2.05) is 0 Å². The maximum atomic E-state index is 8.06. The molecule has 0 fully saturated rings. The van der Waals surface area contributed by atoms with E-state index in [0.29, 0.717) is 0 Å². The molecular weight excluding hydrogens is 246 g/mol. The lowest BCUT2D eigenvalue weighted by Gasteiger charge is -1.80. The minimum Gasteiger partial charge on any atom is -0.400 e. The van der Waals surface area contributed by atoms with Crippen molar-refractivity contribution >= 4 is 46.4 Å². The first-order valence-electron chi connectivity index (χ1n) is 2.87. The van der Waals surface area contributed by atoms with E-state index in [4.69, 9.17) is 56.6 Å². The highest BCUT2D eigenvalue weighted by Crippen LogP contribution is 2.20. The molecule has 2 N–H and O–H groups in total. The fourth-order valence-electron chi connectivity index (χ4n) is 0. The monoisotopic (exact) mass is 256 g/mol. The molecule has 0 unspecified atom stereocenters. The Kier molecular flexibility index (Phi) is 22.2. The summed E-state index contributed by atoms with van der Waals surface area (Å²) in [7, 11) is 1.00. The molecule has 0 radical (unpaired) electrons. The number of aliphatic hydroxyl groups excluding tert-OH is 2. The molecule has 0 saturated heterocycles. The Labute approximate surface area is 92.7 Å². The smallest absolute Gasteiger partial charge is 0.136 e. The normalized spacial score (nSPS) is 7.50. The zero-order valence-electron chi connectivity index (χ0n) is 6.98. The minimum atomic E-state index is -0.167. The molecule has 0 bridgehead atoms. The molecule has 0 amide bonds. The zero-order valence-corrected chi connectivity index (χ0v) is 10.0. The van der Waals surface area contributed by atoms with Gasteiger partial charge in [0.05, 0.1) is 0 Å². The molecule has 0 aliphatic rings. The first-order chi connectivity index (χ1) is 5.37. The fraction of sp³-hybridized carbons (Fsp3) is 0.667. The highest BCUT2D eigenvalue weighted by Gasteiger charge is 1.88. The van der Waals surface area contributed by atoms with Gasteiger partial charge in [-0.15, -0.1) is 0 Å². The van der Waals surface area contributed by atoms with Gasteiger partial charge in [-0.05, 0) is 13.8 Å². The molecule has 0 aliphatic heterocycles. The van der Waals surface area contributed by atoms with Crippen LogP contribution in [0.5, 0.6) is 0 Å². The predicted molar refractivity (Wildman–Crippen MR) is 55.9 cm³/mol. The number of rotatable bonds is 0. The molecule has 2 nitrogen and oxygen atoms in total. The van der Waals surface area contributed by atoms with Crippen LogP contribution in [0.25, 0.3) is 0 Å². The predicted octanol–water partition coefficient (Wildman–Crippen LogP) is 3.06. The maximum Gasteiger partial charge on any atom is 0.136 e. The van der Waals surface area contributed by atoms with Gasteiger partial charge in [0.1, 0.15) is 8.98 Å². The van der Waals surface area contributed by atoms with Crippen LogP contribution in [0.4, 0.5) is 0 Å². The molecule has 0 heterocycles. The van der Waals surface area contributed by atoms with E-state index < -0.39 is 0 Å². The van der Waals surface area contributed by atoms with Gasteiger partial charge in [-0.25, -0.2) is 0 Å². The van der Waals surface area contributed by atoms with E-state index in [1.165, 1.54) is 0 Å². The average Bonchev–Trinajstić information content (AvgIpc) is 1.90. The minimum absolute atomic E-state index is 0.0988. The van der Waals surface area contributed by atoms with Crippen molar-refractivity contribution in [3.63, 3.8) is 0 Å². The Morgan fingerprint density at radius 3 is 1.00 bits per heavy atom. The van der Waals surface area contributed by atoms with E-state index in [0.717, 1.165) is 7.11 Å². The van der Waals surface area contributed by atoms with Crippen molar-refractivity contribution in [2.24, 2.45) is 0 Å². The second-order valence-corrected chi connectivity index (χ2v) is 3.51. The van der Waals surface area contributed by atoms with Gasteiger partial charge in [0.2, 0.25) is 0 Å². The number of aliphatic hydroxyl groups is 2.